The quantitative estimate of drug-likeness (QED) is 0.250. The fraction of sp³-hybridized carbons (Fsp3) is 0. The third kappa shape index (κ3) is 4.67. The van der Waals surface area contributed by atoms with Crippen molar-refractivity contribution in [1.29, 1.82) is 0 Å². The predicted molar refractivity (Wildman–Crippen MR) is 128 cm³/mol. The van der Waals surface area contributed by atoms with Crippen molar-refractivity contribution in [2.24, 2.45) is 0 Å². The first-order valence-electron chi connectivity index (χ1n) is 10.5. The van der Waals surface area contributed by atoms with E-state index in [4.69, 9.17) is 9.72 Å². The Kier molecular flexibility index (Phi) is 5.68. The second-order valence-corrected chi connectivity index (χ2v) is 7.34. The average Bonchev–Trinajstić information content (AvgIpc) is 2.90. The maximum Gasteiger partial charge on any atom is 0.343 e. The molecule has 2 aromatic carbocycles. The fourth-order valence-corrected chi connectivity index (χ4v) is 3.47. The van der Waals surface area contributed by atoms with Crippen molar-refractivity contribution in [2.75, 3.05) is 0 Å². The Labute approximate surface area is 191 Å². The van der Waals surface area contributed by atoms with E-state index in [-0.39, 0.29) is 0 Å². The predicted octanol–water partition coefficient (Wildman–Crippen LogP) is 6.09. The van der Waals surface area contributed by atoms with Crippen LogP contribution in [0.1, 0.15) is 10.4 Å². The van der Waals surface area contributed by atoms with Gasteiger partial charge in [0, 0.05) is 12.4 Å². The van der Waals surface area contributed by atoms with E-state index in [1.165, 1.54) is 0 Å². The fourth-order valence-electron chi connectivity index (χ4n) is 3.47. The number of ether oxygens (including phenoxy) is 1. The van der Waals surface area contributed by atoms with Gasteiger partial charge in [0.2, 0.25) is 0 Å². The van der Waals surface area contributed by atoms with Gasteiger partial charge in [-0.3, -0.25) is 9.97 Å². The van der Waals surface area contributed by atoms with Crippen LogP contribution in [0.5, 0.6) is 5.75 Å². The number of nitrogens with zero attached hydrogens (tertiary/aromatic N) is 3. The molecular formula is C28H19N3O2. The molecule has 0 unspecified atom stereocenters. The second-order valence-electron chi connectivity index (χ2n) is 7.34. The summed E-state index contributed by atoms with van der Waals surface area (Å²) in [5.41, 5.74) is 5.32. The number of hydrogen-bond donors (Lipinski definition) is 0. The molecule has 5 nitrogen and oxygen atoms in total. The van der Waals surface area contributed by atoms with Gasteiger partial charge in [0.25, 0.3) is 0 Å². The van der Waals surface area contributed by atoms with E-state index >= 15 is 0 Å². The highest BCUT2D eigenvalue weighted by molar-refractivity contribution is 5.91. The van der Waals surface area contributed by atoms with Gasteiger partial charge in [-0.2, -0.15) is 0 Å². The number of carbonyl (C=O) groups excluding carboxylic acids is 1. The van der Waals surface area contributed by atoms with Crippen LogP contribution in [0.15, 0.2) is 116 Å². The number of hydrogen-bond acceptors (Lipinski definition) is 5. The summed E-state index contributed by atoms with van der Waals surface area (Å²) in [7, 11) is 0. The molecule has 0 saturated carbocycles. The van der Waals surface area contributed by atoms with E-state index in [0.717, 1.165) is 33.9 Å². The normalized spacial score (nSPS) is 10.5. The third-order valence-corrected chi connectivity index (χ3v) is 5.07. The van der Waals surface area contributed by atoms with Gasteiger partial charge in [-0.15, -0.1) is 0 Å². The highest BCUT2D eigenvalue weighted by atomic mass is 16.5. The van der Waals surface area contributed by atoms with E-state index in [2.05, 4.69) is 9.97 Å². The summed E-state index contributed by atoms with van der Waals surface area (Å²) in [5.74, 6) is 0.0720. The van der Waals surface area contributed by atoms with Gasteiger partial charge in [0.15, 0.2) is 0 Å². The van der Waals surface area contributed by atoms with Crippen LogP contribution in [0.4, 0.5) is 0 Å². The molecular weight excluding hydrogens is 410 g/mol. The molecule has 0 N–H and O–H groups in total. The minimum Gasteiger partial charge on any atom is -0.423 e. The van der Waals surface area contributed by atoms with Crippen molar-refractivity contribution in [3.63, 3.8) is 0 Å². The van der Waals surface area contributed by atoms with Crippen molar-refractivity contribution < 1.29 is 9.53 Å². The molecule has 0 spiro atoms. The summed E-state index contributed by atoms with van der Waals surface area (Å²) in [6, 6.07) is 31.8. The molecule has 5 rings (SSSR count). The first-order valence-corrected chi connectivity index (χ1v) is 10.5. The van der Waals surface area contributed by atoms with Gasteiger partial charge in [-0.05, 0) is 71.8 Å². The number of benzene rings is 2. The Balaban J connectivity index is 1.55. The maximum absolute atomic E-state index is 12.5. The zero-order valence-corrected chi connectivity index (χ0v) is 17.6. The Hall–Kier alpha value is -4.64. The van der Waals surface area contributed by atoms with Crippen LogP contribution >= 0.6 is 0 Å². The smallest absolute Gasteiger partial charge is 0.343 e. The van der Waals surface area contributed by atoms with E-state index in [1.807, 2.05) is 84.9 Å². The van der Waals surface area contributed by atoms with Crippen LogP contribution in [0.3, 0.4) is 0 Å². The van der Waals surface area contributed by atoms with Crippen LogP contribution in [-0.2, 0) is 0 Å². The summed E-state index contributed by atoms with van der Waals surface area (Å²) < 4.78 is 5.61. The number of rotatable bonds is 5. The Bertz CT molecular complexity index is 1330. The van der Waals surface area contributed by atoms with Gasteiger partial charge in [0.1, 0.15) is 5.75 Å². The van der Waals surface area contributed by atoms with Crippen LogP contribution < -0.4 is 4.74 Å². The monoisotopic (exact) mass is 429 g/mol. The summed E-state index contributed by atoms with van der Waals surface area (Å²) in [6.45, 7) is 0. The minimum absolute atomic E-state index is 0.397. The Morgan fingerprint density at radius 1 is 0.576 bits per heavy atom. The number of pyridine rings is 3. The SMILES string of the molecule is O=C(Oc1cccc(-c2cc(-c3ccccn3)nc(-c3ccccn3)c2)c1)c1ccccc1. The van der Waals surface area contributed by atoms with Gasteiger partial charge in [0.05, 0.1) is 28.3 Å². The summed E-state index contributed by atoms with van der Waals surface area (Å²) in [5, 5.41) is 0. The van der Waals surface area contributed by atoms with Crippen molar-refractivity contribution in [1.82, 2.24) is 15.0 Å². The topological polar surface area (TPSA) is 65.0 Å². The van der Waals surface area contributed by atoms with Crippen molar-refractivity contribution in [3.05, 3.63) is 121 Å². The van der Waals surface area contributed by atoms with Crippen LogP contribution in [0.25, 0.3) is 33.9 Å². The molecule has 0 fully saturated rings. The van der Waals surface area contributed by atoms with Crippen molar-refractivity contribution in [2.45, 2.75) is 0 Å². The highest BCUT2D eigenvalue weighted by Crippen LogP contribution is 2.30. The van der Waals surface area contributed by atoms with Crippen LogP contribution in [0, 0.1) is 0 Å². The van der Waals surface area contributed by atoms with Crippen LogP contribution in [-0.4, -0.2) is 20.9 Å². The molecule has 0 atom stereocenters. The molecule has 5 aromatic rings. The standard InChI is InChI=1S/C28H19N3O2/c32-28(20-9-2-1-3-10-20)33-23-12-8-11-21(17-23)22-18-26(24-13-4-6-15-29-24)31-27(19-22)25-14-5-7-16-30-25/h1-19H. The molecule has 0 aliphatic heterocycles. The lowest BCUT2D eigenvalue weighted by molar-refractivity contribution is 0.0735. The van der Waals surface area contributed by atoms with E-state index in [9.17, 15) is 4.79 Å². The van der Waals surface area contributed by atoms with E-state index < -0.39 is 5.97 Å². The lowest BCUT2D eigenvalue weighted by atomic mass is 10.0. The molecule has 158 valence electrons. The van der Waals surface area contributed by atoms with E-state index in [0.29, 0.717) is 11.3 Å². The summed E-state index contributed by atoms with van der Waals surface area (Å²) >= 11 is 0. The molecule has 33 heavy (non-hydrogen) atoms. The minimum atomic E-state index is -0.397. The maximum atomic E-state index is 12.5. The zero-order valence-electron chi connectivity index (χ0n) is 17.6. The summed E-state index contributed by atoms with van der Waals surface area (Å²) in [6.07, 6.45) is 3.49. The Morgan fingerprint density at radius 2 is 1.21 bits per heavy atom. The second kappa shape index (κ2) is 9.24. The van der Waals surface area contributed by atoms with Crippen molar-refractivity contribution >= 4 is 5.97 Å². The zero-order chi connectivity index (χ0) is 22.5. The number of esters is 1. The molecule has 0 bridgehead atoms. The van der Waals surface area contributed by atoms with E-state index in [1.54, 1.807) is 30.6 Å². The molecule has 0 aliphatic carbocycles. The van der Waals surface area contributed by atoms with Crippen molar-refractivity contribution in [3.8, 4) is 39.7 Å². The van der Waals surface area contributed by atoms with Gasteiger partial charge >= 0.3 is 5.97 Å². The largest absolute Gasteiger partial charge is 0.423 e. The molecule has 0 saturated heterocycles. The van der Waals surface area contributed by atoms with Gasteiger partial charge < -0.3 is 4.74 Å². The third-order valence-electron chi connectivity index (χ3n) is 5.07. The van der Waals surface area contributed by atoms with Crippen LogP contribution in [0.2, 0.25) is 0 Å². The van der Waals surface area contributed by atoms with Gasteiger partial charge in [-0.1, -0.05) is 42.5 Å². The first-order chi connectivity index (χ1) is 16.3. The molecule has 3 heterocycles. The molecule has 0 aliphatic rings. The average molecular weight is 429 g/mol. The lowest BCUT2D eigenvalue weighted by Crippen LogP contribution is -2.08. The molecule has 5 heteroatoms. The number of aromatic nitrogens is 3. The molecule has 0 amide bonds. The lowest BCUT2D eigenvalue weighted by Gasteiger charge is -2.11. The number of carbonyl (C=O) groups is 1. The van der Waals surface area contributed by atoms with Gasteiger partial charge in [-0.25, -0.2) is 9.78 Å². The highest BCUT2D eigenvalue weighted by Gasteiger charge is 2.12. The first kappa shape index (κ1) is 20.3. The Morgan fingerprint density at radius 3 is 1.82 bits per heavy atom. The molecule has 0 radical (unpaired) electrons. The summed E-state index contributed by atoms with van der Waals surface area (Å²) in [4.78, 5) is 26.2. The molecule has 3 aromatic heterocycles.